The molecule has 0 aliphatic rings. The van der Waals surface area contributed by atoms with Gasteiger partial charge in [0.1, 0.15) is 10.6 Å². The van der Waals surface area contributed by atoms with Gasteiger partial charge in [-0.3, -0.25) is 9.89 Å². The van der Waals surface area contributed by atoms with Crippen LogP contribution in [0, 0.1) is 6.92 Å². The monoisotopic (exact) mass is 391 g/mol. The van der Waals surface area contributed by atoms with Gasteiger partial charge in [0.25, 0.3) is 5.56 Å². The molecule has 140 valence electrons. The van der Waals surface area contributed by atoms with E-state index in [4.69, 9.17) is 5.73 Å². The molecule has 0 amide bonds. The molecule has 3 N–H and O–H groups in total. The number of anilines is 1. The third-order valence-corrected chi connectivity index (χ3v) is 5.90. The highest BCUT2D eigenvalue weighted by molar-refractivity contribution is 7.18. The van der Waals surface area contributed by atoms with Crippen molar-refractivity contribution in [2.24, 2.45) is 0 Å². The molecule has 28 heavy (non-hydrogen) atoms. The minimum absolute atomic E-state index is 0.120. The second kappa shape index (κ2) is 6.31. The number of nitrogens with zero attached hydrogens (tertiary/aromatic N) is 5. The van der Waals surface area contributed by atoms with Crippen LogP contribution in [0.5, 0.6) is 0 Å². The fraction of sp³-hybridized carbons (Fsp3) is 0.158. The molecule has 0 atom stereocenters. The summed E-state index contributed by atoms with van der Waals surface area (Å²) in [6, 6.07) is 7.34. The van der Waals surface area contributed by atoms with Gasteiger partial charge in [-0.1, -0.05) is 6.07 Å². The zero-order chi connectivity index (χ0) is 19.3. The summed E-state index contributed by atoms with van der Waals surface area (Å²) in [5.41, 5.74) is 8.29. The molecule has 5 heterocycles. The number of nitrogens with two attached hydrogens (primary N) is 1. The maximum Gasteiger partial charge on any atom is 0.276 e. The summed E-state index contributed by atoms with van der Waals surface area (Å²) in [4.78, 5) is 19.5. The largest absolute Gasteiger partial charge is 0.384 e. The van der Waals surface area contributed by atoms with Crippen molar-refractivity contribution >= 4 is 32.8 Å². The van der Waals surface area contributed by atoms with Gasteiger partial charge in [0.05, 0.1) is 23.8 Å². The molecule has 0 saturated carbocycles. The first-order valence-corrected chi connectivity index (χ1v) is 9.60. The van der Waals surface area contributed by atoms with Crippen molar-refractivity contribution in [3.63, 3.8) is 0 Å². The van der Waals surface area contributed by atoms with Gasteiger partial charge in [-0.05, 0) is 25.1 Å². The molecule has 0 fully saturated rings. The fourth-order valence-corrected chi connectivity index (χ4v) is 4.65. The second-order valence-corrected chi connectivity index (χ2v) is 7.78. The second-order valence-electron chi connectivity index (χ2n) is 6.67. The minimum atomic E-state index is -0.120. The lowest BCUT2D eigenvalue weighted by atomic mass is 10.2. The number of thiazole rings is 1. The van der Waals surface area contributed by atoms with Crippen molar-refractivity contribution in [3.05, 3.63) is 75.2 Å². The number of H-pyrrole nitrogens is 1. The van der Waals surface area contributed by atoms with Gasteiger partial charge in [-0.2, -0.15) is 10.2 Å². The summed E-state index contributed by atoms with van der Waals surface area (Å²) >= 11 is 1.66. The number of hydrogen-bond acceptors (Lipinski definition) is 6. The number of pyridine rings is 1. The van der Waals surface area contributed by atoms with Crippen molar-refractivity contribution in [2.45, 2.75) is 19.9 Å². The normalized spacial score (nSPS) is 11.6. The highest BCUT2D eigenvalue weighted by Crippen LogP contribution is 2.30. The van der Waals surface area contributed by atoms with E-state index in [2.05, 4.69) is 30.9 Å². The van der Waals surface area contributed by atoms with Crippen LogP contribution in [0.1, 0.15) is 22.0 Å². The van der Waals surface area contributed by atoms with E-state index in [1.165, 1.54) is 9.56 Å². The molecular formula is C19H17N7OS. The van der Waals surface area contributed by atoms with Crippen molar-refractivity contribution in [1.29, 1.82) is 0 Å². The number of hydrogen-bond donors (Lipinski definition) is 2. The van der Waals surface area contributed by atoms with E-state index < -0.39 is 0 Å². The molecule has 0 aliphatic carbocycles. The Morgan fingerprint density at radius 2 is 2.18 bits per heavy atom. The van der Waals surface area contributed by atoms with Crippen LogP contribution in [-0.2, 0) is 13.0 Å². The van der Waals surface area contributed by atoms with E-state index >= 15 is 0 Å². The molecule has 0 radical (unpaired) electrons. The zero-order valence-corrected chi connectivity index (χ0v) is 15.9. The maximum absolute atomic E-state index is 13.1. The Hall–Kier alpha value is -3.46. The highest BCUT2D eigenvalue weighted by Gasteiger charge is 2.17. The first kappa shape index (κ1) is 16.7. The van der Waals surface area contributed by atoms with E-state index in [1.807, 2.05) is 25.1 Å². The van der Waals surface area contributed by atoms with Gasteiger partial charge in [0.2, 0.25) is 0 Å². The smallest absolute Gasteiger partial charge is 0.276 e. The lowest BCUT2D eigenvalue weighted by Crippen LogP contribution is -2.23. The summed E-state index contributed by atoms with van der Waals surface area (Å²) in [5.74, 6) is 0.428. The van der Waals surface area contributed by atoms with Crippen LogP contribution in [0.2, 0.25) is 0 Å². The van der Waals surface area contributed by atoms with E-state index in [0.29, 0.717) is 16.9 Å². The molecule has 9 heteroatoms. The molecule has 5 rings (SSSR count). The lowest BCUT2D eigenvalue weighted by molar-refractivity contribution is 0.636. The van der Waals surface area contributed by atoms with Crippen LogP contribution in [0.4, 0.5) is 5.82 Å². The third kappa shape index (κ3) is 2.67. The summed E-state index contributed by atoms with van der Waals surface area (Å²) in [6.07, 6.45) is 6.37. The Labute approximate surface area is 163 Å². The van der Waals surface area contributed by atoms with E-state index in [-0.39, 0.29) is 12.1 Å². The fourth-order valence-electron chi connectivity index (χ4n) is 3.46. The number of fused-ring (bicyclic) bond motifs is 3. The van der Waals surface area contributed by atoms with Gasteiger partial charge in [-0.25, -0.2) is 9.67 Å². The Morgan fingerprint density at radius 1 is 1.29 bits per heavy atom. The quantitative estimate of drug-likeness (QED) is 0.489. The number of rotatable bonds is 4. The van der Waals surface area contributed by atoms with Crippen LogP contribution in [0.3, 0.4) is 0 Å². The van der Waals surface area contributed by atoms with Crippen LogP contribution >= 0.6 is 11.3 Å². The predicted octanol–water partition coefficient (Wildman–Crippen LogP) is 2.36. The van der Waals surface area contributed by atoms with Crippen LogP contribution in [0.25, 0.3) is 15.6 Å². The average molecular weight is 391 g/mol. The van der Waals surface area contributed by atoms with Crippen molar-refractivity contribution in [2.75, 3.05) is 5.73 Å². The molecule has 5 aromatic rings. The van der Waals surface area contributed by atoms with Gasteiger partial charge < -0.3 is 10.1 Å². The topological polar surface area (TPSA) is 107 Å². The Morgan fingerprint density at radius 3 is 2.96 bits per heavy atom. The number of aromatic nitrogens is 6. The van der Waals surface area contributed by atoms with Gasteiger partial charge in [-0.15, -0.1) is 11.3 Å². The Kier molecular flexibility index (Phi) is 3.76. The molecule has 0 unspecified atom stereocenters. The van der Waals surface area contributed by atoms with Gasteiger partial charge >= 0.3 is 0 Å². The summed E-state index contributed by atoms with van der Waals surface area (Å²) in [7, 11) is 0. The van der Waals surface area contributed by atoms with Crippen LogP contribution < -0.4 is 11.3 Å². The zero-order valence-electron chi connectivity index (χ0n) is 15.1. The van der Waals surface area contributed by atoms with Gasteiger partial charge in [0, 0.05) is 40.5 Å². The summed E-state index contributed by atoms with van der Waals surface area (Å²) < 4.78 is 3.51. The van der Waals surface area contributed by atoms with Crippen LogP contribution in [-0.4, -0.2) is 29.4 Å². The number of nitrogens with one attached hydrogen (secondary N) is 1. The lowest BCUT2D eigenvalue weighted by Gasteiger charge is -2.05. The highest BCUT2D eigenvalue weighted by atomic mass is 32.1. The van der Waals surface area contributed by atoms with Gasteiger partial charge in [0.15, 0.2) is 0 Å². The summed E-state index contributed by atoms with van der Waals surface area (Å²) in [5, 5.41) is 12.9. The SMILES string of the molecule is Cc1c2c(=O)n(Cc3cccc(N)n3)ncc2c2sc(Cc3ccn[nH]3)cn12. The van der Waals surface area contributed by atoms with Crippen LogP contribution in [0.15, 0.2) is 47.7 Å². The van der Waals surface area contributed by atoms with E-state index in [0.717, 1.165) is 28.0 Å². The molecule has 0 aliphatic heterocycles. The minimum Gasteiger partial charge on any atom is -0.384 e. The molecule has 5 aromatic heterocycles. The first-order chi connectivity index (χ1) is 13.6. The summed E-state index contributed by atoms with van der Waals surface area (Å²) in [6.45, 7) is 2.25. The average Bonchev–Trinajstić information content (AvgIpc) is 3.37. The molecule has 0 saturated heterocycles. The first-order valence-electron chi connectivity index (χ1n) is 8.79. The molecular weight excluding hydrogens is 374 g/mol. The Balaban J connectivity index is 1.59. The molecule has 8 nitrogen and oxygen atoms in total. The number of nitrogen functional groups attached to an aromatic ring is 1. The molecule has 0 bridgehead atoms. The van der Waals surface area contributed by atoms with Crippen molar-refractivity contribution < 1.29 is 0 Å². The predicted molar refractivity (Wildman–Crippen MR) is 109 cm³/mol. The van der Waals surface area contributed by atoms with E-state index in [9.17, 15) is 4.79 Å². The number of aromatic amines is 1. The molecule has 0 aromatic carbocycles. The molecule has 0 spiro atoms. The Bertz CT molecular complexity index is 1360. The standard InChI is InChI=1S/C19H17N7OS/c1-11-17-15(19-25(11)10-14(28-19)7-12-5-6-21-24-12)8-22-26(18(17)27)9-13-3-2-4-16(20)23-13/h2-6,8,10H,7,9H2,1H3,(H2,20,23)(H,21,24). The number of aryl methyl sites for hydroxylation is 1. The van der Waals surface area contributed by atoms with Crippen molar-refractivity contribution in [1.82, 2.24) is 29.4 Å². The van der Waals surface area contributed by atoms with Crippen molar-refractivity contribution in [3.8, 4) is 0 Å². The third-order valence-electron chi connectivity index (χ3n) is 4.78. The maximum atomic E-state index is 13.1. The van der Waals surface area contributed by atoms with E-state index in [1.54, 1.807) is 29.8 Å².